The van der Waals surface area contributed by atoms with Crippen molar-refractivity contribution in [3.63, 3.8) is 0 Å². The summed E-state index contributed by atoms with van der Waals surface area (Å²) < 4.78 is 1.42. The minimum atomic E-state index is -1.10. The molecule has 1 aliphatic carbocycles. The Morgan fingerprint density at radius 2 is 1.98 bits per heavy atom. The van der Waals surface area contributed by atoms with Gasteiger partial charge in [0.15, 0.2) is 0 Å². The minimum absolute atomic E-state index is 0.0890. The predicted molar refractivity (Wildman–Crippen MR) is 163 cm³/mol. The summed E-state index contributed by atoms with van der Waals surface area (Å²) in [4.78, 5) is 37.1. The average molecular weight is 554 g/mol. The molecule has 3 N–H and O–H groups in total. The smallest absolute Gasteiger partial charge is 0.277 e. The first-order valence-corrected chi connectivity index (χ1v) is 15.3. The zero-order valence-electron chi connectivity index (χ0n) is 25.4. The molecule has 1 amide bonds. The molecule has 2 atom stereocenters. The van der Waals surface area contributed by atoms with Crippen molar-refractivity contribution >= 4 is 17.3 Å². The molecule has 1 saturated carbocycles. The largest absolute Gasteiger partial charge is 0.392 e. The Morgan fingerprint density at radius 1 is 1.27 bits per heavy atom. The summed E-state index contributed by atoms with van der Waals surface area (Å²) in [5, 5.41) is 11.3. The van der Waals surface area contributed by atoms with Gasteiger partial charge in [-0.3, -0.25) is 19.1 Å². The van der Waals surface area contributed by atoms with E-state index in [0.717, 1.165) is 30.9 Å². The van der Waals surface area contributed by atoms with Gasteiger partial charge in [-0.15, -0.1) is 0 Å². The van der Waals surface area contributed by atoms with E-state index in [-0.39, 0.29) is 29.6 Å². The summed E-state index contributed by atoms with van der Waals surface area (Å²) in [6.45, 7) is 9.57. The molecular weight excluding hydrogens is 502 g/mol. The second kappa shape index (κ2) is 14.8. The van der Waals surface area contributed by atoms with Crippen molar-refractivity contribution in [3.05, 3.63) is 46.2 Å². The van der Waals surface area contributed by atoms with Gasteiger partial charge in [-0.1, -0.05) is 63.8 Å². The van der Waals surface area contributed by atoms with Crippen molar-refractivity contribution in [1.29, 1.82) is 0 Å². The van der Waals surface area contributed by atoms with Crippen LogP contribution in [0.2, 0.25) is 0 Å². The van der Waals surface area contributed by atoms with Crippen LogP contribution in [0.5, 0.6) is 0 Å². The molecule has 1 aliphatic heterocycles. The molecule has 1 aromatic heterocycles. The molecular formula is C32H51N5O3. The molecule has 2 aliphatic rings. The van der Waals surface area contributed by atoms with Crippen molar-refractivity contribution in [2.45, 2.75) is 104 Å². The lowest BCUT2D eigenvalue weighted by Gasteiger charge is -2.38. The first kappa shape index (κ1) is 31.8. The molecule has 0 radical (unpaired) electrons. The van der Waals surface area contributed by atoms with Crippen molar-refractivity contribution in [1.82, 2.24) is 14.5 Å². The maximum atomic E-state index is 13.3. The van der Waals surface area contributed by atoms with Crippen molar-refractivity contribution in [2.24, 2.45) is 22.7 Å². The van der Waals surface area contributed by atoms with Crippen molar-refractivity contribution in [2.75, 3.05) is 25.9 Å². The predicted octanol–water partition coefficient (Wildman–Crippen LogP) is 5.14. The van der Waals surface area contributed by atoms with Crippen LogP contribution < -0.4 is 11.3 Å². The van der Waals surface area contributed by atoms with Crippen LogP contribution in [0.3, 0.4) is 0 Å². The van der Waals surface area contributed by atoms with Gasteiger partial charge in [0.1, 0.15) is 11.4 Å². The van der Waals surface area contributed by atoms with Gasteiger partial charge in [-0.2, -0.15) is 0 Å². The lowest BCUT2D eigenvalue weighted by Crippen LogP contribution is -2.49. The van der Waals surface area contributed by atoms with Gasteiger partial charge in [0.25, 0.3) is 5.56 Å². The number of likely N-dealkylation sites (tertiary alicyclic amines) is 1. The van der Waals surface area contributed by atoms with Gasteiger partial charge < -0.3 is 15.7 Å². The molecule has 8 heteroatoms. The highest BCUT2D eigenvalue weighted by Gasteiger charge is 2.35. The van der Waals surface area contributed by atoms with Crippen LogP contribution in [-0.4, -0.2) is 56.9 Å². The number of aliphatic imine (C=N–C) groups is 1. The fraction of sp³-hybridized carbons (Fsp3) is 0.688. The van der Waals surface area contributed by atoms with Crippen LogP contribution in [0.1, 0.15) is 97.6 Å². The summed E-state index contributed by atoms with van der Waals surface area (Å²) in [5.41, 5.74) is 7.46. The highest BCUT2D eigenvalue weighted by molar-refractivity contribution is 6.04. The number of carbonyl (C=O) groups is 1. The highest BCUT2D eigenvalue weighted by Crippen LogP contribution is 2.37. The molecule has 3 rings (SSSR count). The highest BCUT2D eigenvalue weighted by atomic mass is 16.3. The molecule has 1 aromatic rings. The molecule has 2 heterocycles. The molecule has 1 saturated heterocycles. The third-order valence-electron chi connectivity index (χ3n) is 9.03. The molecule has 40 heavy (non-hydrogen) atoms. The van der Waals surface area contributed by atoms with E-state index < -0.39 is 5.60 Å². The SMILES string of the molecule is C/C=C\C(=C/CC)CCC(=O)N1CCC(O)(Cn2cnc(C(=NC)C(CC)CC(C)C3CCC3)c(N)c2=O)CC1. The number of nitrogens with two attached hydrogens (primary N) is 1. The van der Waals surface area contributed by atoms with E-state index in [0.29, 0.717) is 50.4 Å². The maximum absolute atomic E-state index is 13.3. The van der Waals surface area contributed by atoms with Crippen LogP contribution in [-0.2, 0) is 11.3 Å². The number of amides is 1. The number of nitrogens with zero attached hydrogens (tertiary/aromatic N) is 4. The number of piperidine rings is 1. The van der Waals surface area contributed by atoms with E-state index in [1.54, 1.807) is 7.05 Å². The second-order valence-corrected chi connectivity index (χ2v) is 11.9. The van der Waals surface area contributed by atoms with Crippen molar-refractivity contribution in [3.8, 4) is 0 Å². The number of allylic oxidation sites excluding steroid dienone is 4. The van der Waals surface area contributed by atoms with Gasteiger partial charge in [0.2, 0.25) is 5.91 Å². The van der Waals surface area contributed by atoms with Crippen LogP contribution in [0.4, 0.5) is 5.69 Å². The van der Waals surface area contributed by atoms with E-state index in [1.807, 2.05) is 17.9 Å². The molecule has 222 valence electrons. The summed E-state index contributed by atoms with van der Waals surface area (Å²) in [5.74, 6) is 1.68. The maximum Gasteiger partial charge on any atom is 0.277 e. The number of aromatic nitrogens is 2. The second-order valence-electron chi connectivity index (χ2n) is 11.9. The van der Waals surface area contributed by atoms with Crippen LogP contribution >= 0.6 is 0 Å². The normalized spacial score (nSPS) is 20.0. The number of nitrogen functional groups attached to an aromatic ring is 1. The zero-order chi connectivity index (χ0) is 29.3. The standard InChI is InChI=1S/C32H51N5O3/c1-6-10-24(11-7-2)14-15-27(38)36-18-16-32(40,17-19-36)21-37-22-35-30(28(33)31(37)39)29(34-5)25(8-3)20-23(4)26-12-9-13-26/h6,10-11,22-23,25-26,40H,7-9,12-21,33H2,1-5H3/b10-6-,24-11+,34-29?. The Hall–Kier alpha value is -2.74. The summed E-state index contributed by atoms with van der Waals surface area (Å²) >= 11 is 0. The Morgan fingerprint density at radius 3 is 2.52 bits per heavy atom. The van der Waals surface area contributed by atoms with Crippen LogP contribution in [0.15, 0.2) is 39.9 Å². The summed E-state index contributed by atoms with van der Waals surface area (Å²) in [6, 6.07) is 0. The van der Waals surface area contributed by atoms with E-state index >= 15 is 0 Å². The summed E-state index contributed by atoms with van der Waals surface area (Å²) in [6.07, 6.45) is 16.5. The number of hydrogen-bond donors (Lipinski definition) is 2. The Kier molecular flexibility index (Phi) is 11.7. The van der Waals surface area contributed by atoms with Gasteiger partial charge in [-0.25, -0.2) is 4.98 Å². The zero-order valence-corrected chi connectivity index (χ0v) is 25.4. The van der Waals surface area contributed by atoms with Gasteiger partial charge >= 0.3 is 0 Å². The third kappa shape index (κ3) is 7.93. The van der Waals surface area contributed by atoms with Gasteiger partial charge in [0.05, 0.1) is 24.2 Å². The Bertz CT molecular complexity index is 1140. The number of carbonyl (C=O) groups excluding carboxylic acids is 1. The van der Waals surface area contributed by atoms with Gasteiger partial charge in [-0.05, 0) is 57.3 Å². The number of aliphatic hydroxyl groups is 1. The van der Waals surface area contributed by atoms with Crippen LogP contribution in [0.25, 0.3) is 0 Å². The molecule has 2 unspecified atom stereocenters. The summed E-state index contributed by atoms with van der Waals surface area (Å²) in [7, 11) is 1.75. The number of anilines is 1. The fourth-order valence-electron chi connectivity index (χ4n) is 6.21. The van der Waals surface area contributed by atoms with Crippen LogP contribution in [0, 0.1) is 17.8 Å². The number of rotatable bonds is 13. The monoisotopic (exact) mass is 553 g/mol. The van der Waals surface area contributed by atoms with Gasteiger partial charge in [0, 0.05) is 32.5 Å². The number of hydrogen-bond acceptors (Lipinski definition) is 6. The molecule has 0 aromatic carbocycles. The van der Waals surface area contributed by atoms with E-state index in [2.05, 4.69) is 42.9 Å². The topological polar surface area (TPSA) is 114 Å². The van der Waals surface area contributed by atoms with E-state index in [4.69, 9.17) is 5.73 Å². The Balaban J connectivity index is 1.63. The first-order chi connectivity index (χ1) is 19.2. The molecule has 0 bridgehead atoms. The fourth-order valence-corrected chi connectivity index (χ4v) is 6.21. The lowest BCUT2D eigenvalue weighted by atomic mass is 9.72. The first-order valence-electron chi connectivity index (χ1n) is 15.3. The molecule has 8 nitrogen and oxygen atoms in total. The van der Waals surface area contributed by atoms with Crippen molar-refractivity contribution < 1.29 is 9.90 Å². The Labute approximate surface area is 240 Å². The third-order valence-corrected chi connectivity index (χ3v) is 9.03. The van der Waals surface area contributed by atoms with E-state index in [9.17, 15) is 14.7 Å². The lowest BCUT2D eigenvalue weighted by molar-refractivity contribution is -0.135. The van der Waals surface area contributed by atoms with E-state index in [1.165, 1.54) is 35.7 Å². The molecule has 0 spiro atoms. The average Bonchev–Trinajstić information content (AvgIpc) is 2.90. The quantitative estimate of drug-likeness (QED) is 0.259. The molecule has 2 fully saturated rings. The minimum Gasteiger partial charge on any atom is -0.392 e.